The largest absolute Gasteiger partial charge is 0.319 e. The summed E-state index contributed by atoms with van der Waals surface area (Å²) in [7, 11) is 4.28. The molecule has 0 atom stereocenters. The predicted molar refractivity (Wildman–Crippen MR) is 109 cm³/mol. The van der Waals surface area contributed by atoms with Crippen LogP contribution in [0.5, 0.6) is 0 Å². The molecule has 28 heavy (non-hydrogen) atoms. The third kappa shape index (κ3) is 2.78. The molecule has 1 aliphatic carbocycles. The number of rotatable bonds is 3. The first kappa shape index (κ1) is 17.3. The lowest BCUT2D eigenvalue weighted by Crippen LogP contribution is -2.46. The van der Waals surface area contributed by atoms with Crippen molar-refractivity contribution >= 4 is 11.2 Å². The van der Waals surface area contributed by atoms with Crippen LogP contribution in [0.3, 0.4) is 0 Å². The standard InChI is InChI=1S/C21H25N7/c1-26(2)16-5-8-21(22,9-6-16)20-24-13-18-17(7-11-28(18)25-20)15-3-4-19-23-10-12-27(19)14-15/h3-4,7,10-14,16H,5-6,8-9,22H2,1-2H3. The normalized spacial score (nSPS) is 23.1. The Labute approximate surface area is 163 Å². The smallest absolute Gasteiger partial charge is 0.169 e. The average molecular weight is 375 g/mol. The highest BCUT2D eigenvalue weighted by molar-refractivity contribution is 5.80. The van der Waals surface area contributed by atoms with E-state index in [0.29, 0.717) is 6.04 Å². The first-order valence-corrected chi connectivity index (χ1v) is 9.77. The van der Waals surface area contributed by atoms with E-state index in [4.69, 9.17) is 15.8 Å². The van der Waals surface area contributed by atoms with Crippen LogP contribution in [-0.4, -0.2) is 49.0 Å². The van der Waals surface area contributed by atoms with Gasteiger partial charge in [0.25, 0.3) is 0 Å². The maximum atomic E-state index is 6.73. The molecule has 1 fully saturated rings. The summed E-state index contributed by atoms with van der Waals surface area (Å²) in [6.07, 6.45) is 13.7. The number of hydrogen-bond donors (Lipinski definition) is 1. The lowest BCUT2D eigenvalue weighted by Gasteiger charge is -2.38. The molecule has 0 amide bonds. The number of nitrogens with zero attached hydrogens (tertiary/aromatic N) is 6. The first-order valence-electron chi connectivity index (χ1n) is 9.77. The Balaban J connectivity index is 1.48. The van der Waals surface area contributed by atoms with Gasteiger partial charge >= 0.3 is 0 Å². The van der Waals surface area contributed by atoms with Crippen molar-refractivity contribution < 1.29 is 0 Å². The summed E-state index contributed by atoms with van der Waals surface area (Å²) < 4.78 is 3.93. The number of imidazole rings is 1. The zero-order chi connectivity index (χ0) is 19.3. The van der Waals surface area contributed by atoms with E-state index < -0.39 is 5.54 Å². The fraction of sp³-hybridized carbons (Fsp3) is 0.381. The summed E-state index contributed by atoms with van der Waals surface area (Å²) in [5.41, 5.74) is 10.4. The van der Waals surface area contributed by atoms with Gasteiger partial charge in [0.2, 0.25) is 0 Å². The molecule has 2 N–H and O–H groups in total. The number of nitrogens with two attached hydrogens (primary N) is 1. The van der Waals surface area contributed by atoms with E-state index in [2.05, 4.69) is 42.3 Å². The monoisotopic (exact) mass is 375 g/mol. The van der Waals surface area contributed by atoms with Crippen LogP contribution in [0.4, 0.5) is 0 Å². The second-order valence-corrected chi connectivity index (χ2v) is 8.10. The summed E-state index contributed by atoms with van der Waals surface area (Å²) in [6, 6.07) is 6.78. The van der Waals surface area contributed by atoms with Gasteiger partial charge < -0.3 is 15.0 Å². The lowest BCUT2D eigenvalue weighted by molar-refractivity contribution is 0.167. The molecule has 7 nitrogen and oxygen atoms in total. The molecule has 4 heterocycles. The summed E-state index contributed by atoms with van der Waals surface area (Å²) in [5.74, 6) is 0.740. The van der Waals surface area contributed by atoms with Crippen molar-refractivity contribution in [1.82, 2.24) is 28.9 Å². The van der Waals surface area contributed by atoms with Gasteiger partial charge in [-0.25, -0.2) is 14.5 Å². The minimum atomic E-state index is -0.444. The fourth-order valence-corrected chi connectivity index (χ4v) is 4.31. The summed E-state index contributed by atoms with van der Waals surface area (Å²) in [5, 5.41) is 4.79. The number of fused-ring (bicyclic) bond motifs is 2. The highest BCUT2D eigenvalue weighted by Gasteiger charge is 2.36. The van der Waals surface area contributed by atoms with E-state index >= 15 is 0 Å². The number of hydrogen-bond acceptors (Lipinski definition) is 5. The topological polar surface area (TPSA) is 76.8 Å². The van der Waals surface area contributed by atoms with Crippen molar-refractivity contribution in [3.63, 3.8) is 0 Å². The minimum Gasteiger partial charge on any atom is -0.319 e. The molecular weight excluding hydrogens is 350 g/mol. The number of aromatic nitrogens is 5. The van der Waals surface area contributed by atoms with Gasteiger partial charge in [0, 0.05) is 42.0 Å². The van der Waals surface area contributed by atoms with E-state index in [9.17, 15) is 0 Å². The molecule has 7 heteroatoms. The molecule has 0 spiro atoms. The van der Waals surface area contributed by atoms with Gasteiger partial charge in [-0.05, 0) is 58.0 Å². The van der Waals surface area contributed by atoms with Crippen LogP contribution in [0, 0.1) is 0 Å². The van der Waals surface area contributed by atoms with E-state index in [1.54, 1.807) is 6.20 Å². The van der Waals surface area contributed by atoms with E-state index in [-0.39, 0.29) is 0 Å². The second kappa shape index (κ2) is 6.39. The highest BCUT2D eigenvalue weighted by Crippen LogP contribution is 2.35. The maximum Gasteiger partial charge on any atom is 0.169 e. The first-order chi connectivity index (χ1) is 13.5. The molecule has 5 rings (SSSR count). The van der Waals surface area contributed by atoms with Crippen molar-refractivity contribution in [2.75, 3.05) is 14.1 Å². The third-order valence-electron chi connectivity index (χ3n) is 6.14. The zero-order valence-corrected chi connectivity index (χ0v) is 16.3. The van der Waals surface area contributed by atoms with Crippen LogP contribution >= 0.6 is 0 Å². The lowest BCUT2D eigenvalue weighted by atomic mass is 9.79. The van der Waals surface area contributed by atoms with Crippen LogP contribution in [0.1, 0.15) is 31.5 Å². The molecular formula is C21H25N7. The average Bonchev–Trinajstić information content (AvgIpc) is 3.34. The van der Waals surface area contributed by atoms with Crippen LogP contribution in [0.2, 0.25) is 0 Å². The minimum absolute atomic E-state index is 0.444. The number of pyridine rings is 1. The Morgan fingerprint density at radius 1 is 1.11 bits per heavy atom. The SMILES string of the molecule is CN(C)C1CCC(N)(c2ncc3c(-c4ccc5nccn5c4)ccn3n2)CC1. The molecule has 0 saturated heterocycles. The van der Waals surface area contributed by atoms with Crippen LogP contribution in [0.25, 0.3) is 22.3 Å². The van der Waals surface area contributed by atoms with E-state index in [0.717, 1.165) is 53.8 Å². The van der Waals surface area contributed by atoms with Crippen molar-refractivity contribution in [1.29, 1.82) is 0 Å². The van der Waals surface area contributed by atoms with Gasteiger partial charge in [-0.1, -0.05) is 0 Å². The summed E-state index contributed by atoms with van der Waals surface area (Å²) >= 11 is 0. The molecule has 1 aliphatic rings. The molecule has 0 aromatic carbocycles. The van der Waals surface area contributed by atoms with Crippen LogP contribution < -0.4 is 5.73 Å². The Morgan fingerprint density at radius 2 is 1.93 bits per heavy atom. The van der Waals surface area contributed by atoms with E-state index in [1.165, 1.54) is 0 Å². The molecule has 0 unspecified atom stereocenters. The van der Waals surface area contributed by atoms with Gasteiger partial charge in [-0.15, -0.1) is 0 Å². The predicted octanol–water partition coefficient (Wildman–Crippen LogP) is 2.70. The molecule has 144 valence electrons. The van der Waals surface area contributed by atoms with Gasteiger partial charge in [-0.2, -0.15) is 5.10 Å². The Kier molecular flexibility index (Phi) is 3.96. The highest BCUT2D eigenvalue weighted by atomic mass is 15.3. The van der Waals surface area contributed by atoms with Crippen LogP contribution in [-0.2, 0) is 5.54 Å². The van der Waals surface area contributed by atoms with Crippen molar-refractivity contribution in [2.24, 2.45) is 5.73 Å². The Bertz CT molecular complexity index is 1130. The van der Waals surface area contributed by atoms with Gasteiger partial charge in [0.1, 0.15) is 5.65 Å². The Hall–Kier alpha value is -2.77. The van der Waals surface area contributed by atoms with Gasteiger partial charge in [0.05, 0.1) is 17.3 Å². The van der Waals surface area contributed by atoms with E-state index in [1.807, 2.05) is 33.6 Å². The maximum absolute atomic E-state index is 6.73. The van der Waals surface area contributed by atoms with Crippen molar-refractivity contribution in [3.8, 4) is 11.1 Å². The second-order valence-electron chi connectivity index (χ2n) is 8.10. The Morgan fingerprint density at radius 3 is 2.71 bits per heavy atom. The molecule has 0 radical (unpaired) electrons. The molecule has 4 aromatic rings. The summed E-state index contributed by atoms with van der Waals surface area (Å²) in [6.45, 7) is 0. The fourth-order valence-electron chi connectivity index (χ4n) is 4.31. The summed E-state index contributed by atoms with van der Waals surface area (Å²) in [4.78, 5) is 11.3. The van der Waals surface area contributed by atoms with Gasteiger partial charge in [0.15, 0.2) is 5.82 Å². The molecule has 0 aliphatic heterocycles. The van der Waals surface area contributed by atoms with Crippen LogP contribution in [0.15, 0.2) is 49.2 Å². The molecule has 1 saturated carbocycles. The van der Waals surface area contributed by atoms with Gasteiger partial charge in [-0.3, -0.25) is 0 Å². The zero-order valence-electron chi connectivity index (χ0n) is 16.3. The van der Waals surface area contributed by atoms with Crippen molar-refractivity contribution in [2.45, 2.75) is 37.3 Å². The van der Waals surface area contributed by atoms with Crippen molar-refractivity contribution in [3.05, 3.63) is 55.0 Å². The molecule has 0 bridgehead atoms. The third-order valence-corrected chi connectivity index (χ3v) is 6.14. The molecule has 4 aromatic heterocycles. The quantitative estimate of drug-likeness (QED) is 0.596.